The van der Waals surface area contributed by atoms with E-state index >= 15 is 0 Å². The van der Waals surface area contributed by atoms with Crippen molar-refractivity contribution in [2.24, 2.45) is 4.99 Å². The first-order valence-electron chi connectivity index (χ1n) is 6.58. The van der Waals surface area contributed by atoms with Gasteiger partial charge in [0.1, 0.15) is 6.54 Å². The molecule has 0 aliphatic rings. The van der Waals surface area contributed by atoms with E-state index < -0.39 is 0 Å². The Morgan fingerprint density at radius 3 is 2.35 bits per heavy atom. The molecule has 0 bridgehead atoms. The lowest BCUT2D eigenvalue weighted by molar-refractivity contribution is -0.114. The van der Waals surface area contributed by atoms with Gasteiger partial charge in [-0.25, -0.2) is 0 Å². The molecule has 0 aliphatic heterocycles. The molecule has 3 nitrogen and oxygen atoms in total. The van der Waals surface area contributed by atoms with Crippen LogP contribution in [0.2, 0.25) is 0 Å². The average Bonchev–Trinajstić information content (AvgIpc) is 2.44. The lowest BCUT2D eigenvalue weighted by Crippen LogP contribution is -2.16. The predicted octanol–water partition coefficient (Wildman–Crippen LogP) is 3.36. The molecule has 2 aromatic rings. The van der Waals surface area contributed by atoms with E-state index in [-0.39, 0.29) is 12.5 Å². The highest BCUT2D eigenvalue weighted by atomic mass is 16.1. The highest BCUT2D eigenvalue weighted by Gasteiger charge is 2.05. The summed E-state index contributed by atoms with van der Waals surface area (Å²) in [6.45, 7) is 4.09. The fraction of sp³-hybridized carbons (Fsp3) is 0.176. The van der Waals surface area contributed by atoms with Crippen molar-refractivity contribution in [3.05, 3.63) is 65.2 Å². The second-order valence-corrected chi connectivity index (χ2v) is 4.70. The van der Waals surface area contributed by atoms with Crippen molar-refractivity contribution in [1.82, 2.24) is 0 Å². The van der Waals surface area contributed by atoms with E-state index in [4.69, 9.17) is 0 Å². The van der Waals surface area contributed by atoms with Gasteiger partial charge in [-0.2, -0.15) is 0 Å². The van der Waals surface area contributed by atoms with Crippen molar-refractivity contribution in [3.8, 4) is 0 Å². The van der Waals surface area contributed by atoms with E-state index in [0.717, 1.165) is 22.4 Å². The molecule has 0 aliphatic carbocycles. The Labute approximate surface area is 119 Å². The fourth-order valence-electron chi connectivity index (χ4n) is 1.96. The van der Waals surface area contributed by atoms with E-state index in [1.165, 1.54) is 0 Å². The standard InChI is InChI=1S/C17H18N2O/c1-13-7-6-8-14(2)17(13)19-16(20)12-18-11-15-9-4-3-5-10-15/h3-11H,12H2,1-2H3,(H,19,20)/b18-11+. The van der Waals surface area contributed by atoms with Crippen LogP contribution in [-0.2, 0) is 4.79 Å². The SMILES string of the molecule is Cc1cccc(C)c1NC(=O)C/N=C/c1ccccc1. The molecule has 2 aromatic carbocycles. The first-order chi connectivity index (χ1) is 9.66. The van der Waals surface area contributed by atoms with Crippen molar-refractivity contribution in [1.29, 1.82) is 0 Å². The Morgan fingerprint density at radius 2 is 1.70 bits per heavy atom. The summed E-state index contributed by atoms with van der Waals surface area (Å²) in [5.74, 6) is -0.102. The van der Waals surface area contributed by atoms with E-state index in [1.807, 2.05) is 62.4 Å². The topological polar surface area (TPSA) is 41.5 Å². The molecule has 0 aromatic heterocycles. The Bertz CT molecular complexity index is 598. The summed E-state index contributed by atoms with van der Waals surface area (Å²) in [5.41, 5.74) is 4.00. The molecule has 0 spiro atoms. The number of nitrogens with zero attached hydrogens (tertiary/aromatic N) is 1. The number of carbonyl (C=O) groups excluding carboxylic acids is 1. The molecule has 0 fully saturated rings. The van der Waals surface area contributed by atoms with Gasteiger partial charge in [-0.05, 0) is 30.5 Å². The average molecular weight is 266 g/mol. The summed E-state index contributed by atoms with van der Waals surface area (Å²) in [4.78, 5) is 16.0. The number of benzene rings is 2. The van der Waals surface area contributed by atoms with Crippen LogP contribution in [0.5, 0.6) is 0 Å². The summed E-state index contributed by atoms with van der Waals surface area (Å²) in [6, 6.07) is 15.7. The maximum Gasteiger partial charge on any atom is 0.246 e. The number of anilines is 1. The first-order valence-corrected chi connectivity index (χ1v) is 6.58. The molecule has 1 N–H and O–H groups in total. The number of hydrogen-bond acceptors (Lipinski definition) is 2. The minimum Gasteiger partial charge on any atom is -0.324 e. The number of rotatable bonds is 4. The van der Waals surface area contributed by atoms with Gasteiger partial charge in [0.05, 0.1) is 0 Å². The quantitative estimate of drug-likeness (QED) is 0.847. The molecule has 0 unspecified atom stereocenters. The number of hydrogen-bond donors (Lipinski definition) is 1. The summed E-state index contributed by atoms with van der Waals surface area (Å²) < 4.78 is 0. The Morgan fingerprint density at radius 1 is 1.05 bits per heavy atom. The van der Waals surface area contributed by atoms with Gasteiger partial charge in [-0.1, -0.05) is 48.5 Å². The number of carbonyl (C=O) groups is 1. The monoisotopic (exact) mass is 266 g/mol. The van der Waals surface area contributed by atoms with Crippen LogP contribution in [0.4, 0.5) is 5.69 Å². The highest BCUT2D eigenvalue weighted by molar-refractivity contribution is 5.95. The second kappa shape index (κ2) is 6.66. The third-order valence-corrected chi connectivity index (χ3v) is 3.02. The third kappa shape index (κ3) is 3.79. The largest absolute Gasteiger partial charge is 0.324 e. The summed E-state index contributed by atoms with van der Waals surface area (Å²) in [7, 11) is 0. The van der Waals surface area contributed by atoms with Gasteiger partial charge in [-0.3, -0.25) is 9.79 Å². The second-order valence-electron chi connectivity index (χ2n) is 4.70. The lowest BCUT2D eigenvalue weighted by Gasteiger charge is -2.10. The van der Waals surface area contributed by atoms with Crippen molar-refractivity contribution < 1.29 is 4.79 Å². The minimum atomic E-state index is -0.102. The molecule has 3 heteroatoms. The molecule has 0 saturated heterocycles. The summed E-state index contributed by atoms with van der Waals surface area (Å²) in [6.07, 6.45) is 1.71. The van der Waals surface area contributed by atoms with Crippen molar-refractivity contribution >= 4 is 17.8 Å². The van der Waals surface area contributed by atoms with E-state index in [1.54, 1.807) is 6.21 Å². The van der Waals surface area contributed by atoms with Crippen LogP contribution in [-0.4, -0.2) is 18.7 Å². The van der Waals surface area contributed by atoms with Crippen molar-refractivity contribution in [3.63, 3.8) is 0 Å². The van der Waals surface area contributed by atoms with Gasteiger partial charge in [0, 0.05) is 11.9 Å². The zero-order chi connectivity index (χ0) is 14.4. The highest BCUT2D eigenvalue weighted by Crippen LogP contribution is 2.19. The van der Waals surface area contributed by atoms with Crippen LogP contribution in [0.3, 0.4) is 0 Å². The van der Waals surface area contributed by atoms with E-state index in [0.29, 0.717) is 0 Å². The third-order valence-electron chi connectivity index (χ3n) is 3.02. The zero-order valence-electron chi connectivity index (χ0n) is 11.8. The van der Waals surface area contributed by atoms with Gasteiger partial charge in [0.15, 0.2) is 0 Å². The first kappa shape index (κ1) is 14.0. The van der Waals surface area contributed by atoms with Crippen LogP contribution in [0.25, 0.3) is 0 Å². The maximum absolute atomic E-state index is 11.9. The Hall–Kier alpha value is -2.42. The van der Waals surface area contributed by atoms with Crippen LogP contribution in [0.15, 0.2) is 53.5 Å². The number of aliphatic imine (C=N–C) groups is 1. The van der Waals surface area contributed by atoms with Crippen molar-refractivity contribution in [2.75, 3.05) is 11.9 Å². The molecule has 1 amide bonds. The maximum atomic E-state index is 11.9. The van der Waals surface area contributed by atoms with Gasteiger partial charge in [0.25, 0.3) is 0 Å². The molecule has 0 atom stereocenters. The van der Waals surface area contributed by atoms with Crippen LogP contribution >= 0.6 is 0 Å². The molecule has 0 radical (unpaired) electrons. The van der Waals surface area contributed by atoms with Gasteiger partial charge >= 0.3 is 0 Å². The zero-order valence-corrected chi connectivity index (χ0v) is 11.8. The van der Waals surface area contributed by atoms with Crippen LogP contribution in [0, 0.1) is 13.8 Å². The minimum absolute atomic E-state index is 0.102. The fourth-order valence-corrected chi connectivity index (χ4v) is 1.96. The molecule has 102 valence electrons. The molecule has 0 saturated carbocycles. The number of para-hydroxylation sites is 1. The number of amides is 1. The molecular formula is C17H18N2O. The summed E-state index contributed by atoms with van der Waals surface area (Å²) >= 11 is 0. The Balaban J connectivity index is 1.95. The van der Waals surface area contributed by atoms with Gasteiger partial charge < -0.3 is 5.32 Å². The van der Waals surface area contributed by atoms with Crippen molar-refractivity contribution in [2.45, 2.75) is 13.8 Å². The van der Waals surface area contributed by atoms with Crippen LogP contribution in [0.1, 0.15) is 16.7 Å². The Kier molecular flexibility index (Phi) is 4.66. The smallest absolute Gasteiger partial charge is 0.246 e. The summed E-state index contributed by atoms with van der Waals surface area (Å²) in [5, 5.41) is 2.91. The van der Waals surface area contributed by atoms with Gasteiger partial charge in [0.2, 0.25) is 5.91 Å². The molecule has 2 rings (SSSR count). The van der Waals surface area contributed by atoms with Gasteiger partial charge in [-0.15, -0.1) is 0 Å². The van der Waals surface area contributed by atoms with E-state index in [2.05, 4.69) is 10.3 Å². The molecular weight excluding hydrogens is 248 g/mol. The molecule has 20 heavy (non-hydrogen) atoms. The normalized spacial score (nSPS) is 10.7. The van der Waals surface area contributed by atoms with E-state index in [9.17, 15) is 4.79 Å². The lowest BCUT2D eigenvalue weighted by atomic mass is 10.1. The number of nitrogens with one attached hydrogen (secondary N) is 1. The predicted molar refractivity (Wildman–Crippen MR) is 83.4 cm³/mol. The number of aryl methyl sites for hydroxylation is 2. The van der Waals surface area contributed by atoms with Crippen LogP contribution < -0.4 is 5.32 Å². The molecule has 0 heterocycles.